The van der Waals surface area contributed by atoms with E-state index in [2.05, 4.69) is 33.0 Å². The Morgan fingerprint density at radius 3 is 2.57 bits per heavy atom. The summed E-state index contributed by atoms with van der Waals surface area (Å²) >= 11 is 0. The van der Waals surface area contributed by atoms with Gasteiger partial charge in [0.25, 0.3) is 0 Å². The number of carbonyl (C=O) groups is 1. The zero-order valence-electron chi connectivity index (χ0n) is 9.76. The molecule has 0 radical (unpaired) electrons. The minimum absolute atomic E-state index is 0.240. The highest BCUT2D eigenvalue weighted by molar-refractivity contribution is 5.78. The van der Waals surface area contributed by atoms with Crippen LogP contribution in [0.4, 0.5) is 0 Å². The van der Waals surface area contributed by atoms with E-state index in [9.17, 15) is 4.79 Å². The van der Waals surface area contributed by atoms with Crippen LogP contribution in [0.2, 0.25) is 0 Å². The summed E-state index contributed by atoms with van der Waals surface area (Å²) in [6, 6.07) is 0.384. The van der Waals surface area contributed by atoms with E-state index in [1.807, 2.05) is 4.90 Å². The maximum absolute atomic E-state index is 11.7. The highest BCUT2D eigenvalue weighted by atomic mass is 16.2. The number of nitrogens with zero attached hydrogens (tertiary/aromatic N) is 1. The second kappa shape index (κ2) is 4.30. The second-order valence-electron chi connectivity index (χ2n) is 5.27. The molecule has 0 aliphatic carbocycles. The van der Waals surface area contributed by atoms with E-state index in [-0.39, 0.29) is 5.91 Å². The van der Waals surface area contributed by atoms with Crippen LogP contribution < -0.4 is 5.32 Å². The van der Waals surface area contributed by atoms with Gasteiger partial charge in [-0.1, -0.05) is 27.7 Å². The van der Waals surface area contributed by atoms with Crippen molar-refractivity contribution in [1.29, 1.82) is 0 Å². The van der Waals surface area contributed by atoms with E-state index in [0.717, 1.165) is 19.5 Å². The quantitative estimate of drug-likeness (QED) is 0.740. The van der Waals surface area contributed by atoms with Crippen molar-refractivity contribution >= 4 is 5.91 Å². The van der Waals surface area contributed by atoms with Gasteiger partial charge in [-0.05, 0) is 11.8 Å². The van der Waals surface area contributed by atoms with E-state index in [4.69, 9.17) is 0 Å². The molecule has 1 amide bonds. The topological polar surface area (TPSA) is 32.3 Å². The number of hydrogen-bond donors (Lipinski definition) is 1. The Bertz CT molecular complexity index is 211. The van der Waals surface area contributed by atoms with Gasteiger partial charge in [-0.25, -0.2) is 0 Å². The molecule has 14 heavy (non-hydrogen) atoms. The fourth-order valence-corrected chi connectivity index (χ4v) is 1.73. The van der Waals surface area contributed by atoms with Crippen LogP contribution in [0, 0.1) is 5.41 Å². The maximum atomic E-state index is 11.7. The largest absolute Gasteiger partial charge is 0.341 e. The molecular weight excluding hydrogens is 176 g/mol. The average molecular weight is 198 g/mol. The fourth-order valence-electron chi connectivity index (χ4n) is 1.73. The lowest BCUT2D eigenvalue weighted by atomic mass is 9.93. The van der Waals surface area contributed by atoms with E-state index < -0.39 is 0 Å². The molecule has 1 N–H and O–H groups in total. The van der Waals surface area contributed by atoms with E-state index in [1.165, 1.54) is 0 Å². The first kappa shape index (κ1) is 11.5. The molecule has 1 heterocycles. The molecule has 1 saturated heterocycles. The Hall–Kier alpha value is -0.570. The smallest absolute Gasteiger partial charge is 0.236 e. The SMILES string of the molecule is CC(C)NCC(=O)N1CCC(C)(C)C1. The van der Waals surface area contributed by atoms with Crippen molar-refractivity contribution in [3.63, 3.8) is 0 Å². The predicted molar refractivity (Wildman–Crippen MR) is 58.1 cm³/mol. The molecule has 1 aliphatic rings. The monoisotopic (exact) mass is 198 g/mol. The van der Waals surface area contributed by atoms with Gasteiger partial charge in [0.05, 0.1) is 6.54 Å². The number of amides is 1. The summed E-state index contributed by atoms with van der Waals surface area (Å²) in [5.41, 5.74) is 0.313. The molecule has 0 bridgehead atoms. The van der Waals surface area contributed by atoms with Crippen LogP contribution in [-0.4, -0.2) is 36.5 Å². The van der Waals surface area contributed by atoms with Gasteiger partial charge >= 0.3 is 0 Å². The molecule has 1 rings (SSSR count). The third-order valence-corrected chi connectivity index (χ3v) is 2.69. The number of nitrogens with one attached hydrogen (secondary N) is 1. The molecule has 0 aromatic carbocycles. The van der Waals surface area contributed by atoms with Gasteiger partial charge in [0.15, 0.2) is 0 Å². The first-order valence-electron chi connectivity index (χ1n) is 5.42. The minimum Gasteiger partial charge on any atom is -0.341 e. The van der Waals surface area contributed by atoms with Crippen LogP contribution in [0.3, 0.4) is 0 Å². The molecule has 0 atom stereocenters. The van der Waals surface area contributed by atoms with Crippen molar-refractivity contribution in [3.8, 4) is 0 Å². The summed E-state index contributed by atoms with van der Waals surface area (Å²) < 4.78 is 0. The Morgan fingerprint density at radius 1 is 1.50 bits per heavy atom. The summed E-state index contributed by atoms with van der Waals surface area (Å²) in [5.74, 6) is 0.240. The lowest BCUT2D eigenvalue weighted by Crippen LogP contribution is -2.39. The van der Waals surface area contributed by atoms with Crippen molar-refractivity contribution in [3.05, 3.63) is 0 Å². The normalized spacial score (nSPS) is 20.5. The molecule has 1 fully saturated rings. The minimum atomic E-state index is 0.240. The molecule has 1 aliphatic heterocycles. The summed E-state index contributed by atoms with van der Waals surface area (Å²) in [5, 5.41) is 3.16. The zero-order valence-corrected chi connectivity index (χ0v) is 9.76. The third-order valence-electron chi connectivity index (χ3n) is 2.69. The highest BCUT2D eigenvalue weighted by Gasteiger charge is 2.31. The first-order valence-corrected chi connectivity index (χ1v) is 5.42. The van der Waals surface area contributed by atoms with Gasteiger partial charge in [-0.3, -0.25) is 4.79 Å². The fraction of sp³-hybridized carbons (Fsp3) is 0.909. The molecule has 3 heteroatoms. The van der Waals surface area contributed by atoms with Gasteiger partial charge in [-0.15, -0.1) is 0 Å². The second-order valence-corrected chi connectivity index (χ2v) is 5.27. The molecule has 0 aromatic heterocycles. The molecule has 0 saturated carbocycles. The van der Waals surface area contributed by atoms with Gasteiger partial charge in [-0.2, -0.15) is 0 Å². The Balaban J connectivity index is 2.33. The lowest BCUT2D eigenvalue weighted by molar-refractivity contribution is -0.129. The van der Waals surface area contributed by atoms with Crippen LogP contribution in [-0.2, 0) is 4.79 Å². The van der Waals surface area contributed by atoms with E-state index in [0.29, 0.717) is 18.0 Å². The van der Waals surface area contributed by atoms with Crippen LogP contribution >= 0.6 is 0 Å². The van der Waals surface area contributed by atoms with E-state index in [1.54, 1.807) is 0 Å². The van der Waals surface area contributed by atoms with E-state index >= 15 is 0 Å². The summed E-state index contributed by atoms with van der Waals surface area (Å²) in [7, 11) is 0. The number of carbonyl (C=O) groups excluding carboxylic acids is 1. The molecule has 0 aromatic rings. The van der Waals surface area contributed by atoms with Crippen molar-refractivity contribution in [1.82, 2.24) is 10.2 Å². The van der Waals surface area contributed by atoms with Crippen molar-refractivity contribution < 1.29 is 4.79 Å². The first-order chi connectivity index (χ1) is 6.41. The van der Waals surface area contributed by atoms with Crippen molar-refractivity contribution in [2.45, 2.75) is 40.2 Å². The standard InChI is InChI=1S/C11H22N2O/c1-9(2)12-7-10(14)13-6-5-11(3,4)8-13/h9,12H,5-8H2,1-4H3. The molecular formula is C11H22N2O. The summed E-state index contributed by atoms with van der Waals surface area (Å²) in [6.45, 7) is 10.9. The van der Waals surface area contributed by atoms with Crippen LogP contribution in [0.25, 0.3) is 0 Å². The number of hydrogen-bond acceptors (Lipinski definition) is 2. The highest BCUT2D eigenvalue weighted by Crippen LogP contribution is 2.28. The number of likely N-dealkylation sites (tertiary alicyclic amines) is 1. The Labute approximate surface area is 86.9 Å². The van der Waals surface area contributed by atoms with Gasteiger partial charge in [0, 0.05) is 19.1 Å². The van der Waals surface area contributed by atoms with Crippen LogP contribution in [0.15, 0.2) is 0 Å². The van der Waals surface area contributed by atoms with Crippen molar-refractivity contribution in [2.75, 3.05) is 19.6 Å². The maximum Gasteiger partial charge on any atom is 0.236 e. The van der Waals surface area contributed by atoms with Gasteiger partial charge in [0.1, 0.15) is 0 Å². The predicted octanol–water partition coefficient (Wildman–Crippen LogP) is 1.24. The lowest BCUT2D eigenvalue weighted by Gasteiger charge is -2.20. The molecule has 3 nitrogen and oxygen atoms in total. The van der Waals surface area contributed by atoms with Crippen molar-refractivity contribution in [2.24, 2.45) is 5.41 Å². The van der Waals surface area contributed by atoms with Gasteiger partial charge in [0.2, 0.25) is 5.91 Å². The summed E-state index contributed by atoms with van der Waals surface area (Å²) in [6.07, 6.45) is 1.13. The van der Waals surface area contributed by atoms with Crippen LogP contribution in [0.5, 0.6) is 0 Å². The average Bonchev–Trinajstić information content (AvgIpc) is 2.41. The zero-order chi connectivity index (χ0) is 10.8. The molecule has 82 valence electrons. The summed E-state index contributed by atoms with van der Waals surface area (Å²) in [4.78, 5) is 13.7. The third kappa shape index (κ3) is 3.29. The Kier molecular flexibility index (Phi) is 3.53. The van der Waals surface area contributed by atoms with Gasteiger partial charge < -0.3 is 10.2 Å². The Morgan fingerprint density at radius 2 is 2.14 bits per heavy atom. The van der Waals surface area contributed by atoms with Crippen LogP contribution in [0.1, 0.15) is 34.1 Å². The molecule has 0 spiro atoms. The number of rotatable bonds is 3. The molecule has 0 unspecified atom stereocenters.